The molecule has 1 saturated heterocycles. The lowest BCUT2D eigenvalue weighted by atomic mass is 10.00. The molecular formula is C20H31N3O4S. The van der Waals surface area contributed by atoms with Gasteiger partial charge in [0.15, 0.2) is 0 Å². The van der Waals surface area contributed by atoms with Gasteiger partial charge in [-0.1, -0.05) is 6.07 Å². The van der Waals surface area contributed by atoms with Crippen LogP contribution >= 0.6 is 0 Å². The molecule has 1 aliphatic carbocycles. The van der Waals surface area contributed by atoms with Gasteiger partial charge >= 0.3 is 0 Å². The van der Waals surface area contributed by atoms with E-state index in [0.29, 0.717) is 12.1 Å². The zero-order valence-electron chi connectivity index (χ0n) is 17.1. The van der Waals surface area contributed by atoms with Gasteiger partial charge in [0.25, 0.3) is 5.91 Å². The summed E-state index contributed by atoms with van der Waals surface area (Å²) in [5.41, 5.74) is 0.109. The summed E-state index contributed by atoms with van der Waals surface area (Å²) in [6.07, 6.45) is 2.04. The van der Waals surface area contributed by atoms with Gasteiger partial charge in [0, 0.05) is 36.8 Å². The van der Waals surface area contributed by atoms with Crippen LogP contribution in [0.25, 0.3) is 0 Å². The number of nitrogens with zero attached hydrogens (tertiary/aromatic N) is 1. The van der Waals surface area contributed by atoms with Crippen molar-refractivity contribution in [1.82, 2.24) is 14.9 Å². The second-order valence-electron chi connectivity index (χ2n) is 8.58. The number of hydrogen-bond acceptors (Lipinski definition) is 5. The Bertz CT molecular complexity index is 810. The molecule has 0 aromatic heterocycles. The minimum atomic E-state index is -3.58. The van der Waals surface area contributed by atoms with E-state index in [1.165, 1.54) is 12.1 Å². The van der Waals surface area contributed by atoms with Crippen LogP contribution in [-0.2, 0) is 14.8 Å². The first-order chi connectivity index (χ1) is 13.1. The van der Waals surface area contributed by atoms with E-state index in [9.17, 15) is 13.2 Å². The topological polar surface area (TPSA) is 87.7 Å². The molecule has 8 heteroatoms. The van der Waals surface area contributed by atoms with Crippen molar-refractivity contribution < 1.29 is 17.9 Å². The molecule has 28 heavy (non-hydrogen) atoms. The Kier molecular flexibility index (Phi) is 6.14. The Morgan fingerprint density at radius 1 is 1.21 bits per heavy atom. The van der Waals surface area contributed by atoms with Crippen LogP contribution in [0.5, 0.6) is 0 Å². The van der Waals surface area contributed by atoms with Crippen LogP contribution in [-0.4, -0.2) is 62.6 Å². The summed E-state index contributed by atoms with van der Waals surface area (Å²) in [6.45, 7) is 10.4. The molecule has 1 aromatic carbocycles. The van der Waals surface area contributed by atoms with Crippen molar-refractivity contribution in [3.8, 4) is 0 Å². The van der Waals surface area contributed by atoms with E-state index in [2.05, 4.69) is 42.6 Å². The maximum absolute atomic E-state index is 12.6. The first-order valence-corrected chi connectivity index (χ1v) is 11.4. The van der Waals surface area contributed by atoms with Gasteiger partial charge < -0.3 is 10.1 Å². The molecule has 1 amide bonds. The molecule has 0 unspecified atom stereocenters. The highest BCUT2D eigenvalue weighted by atomic mass is 32.2. The average molecular weight is 410 g/mol. The SMILES string of the molecule is C[C@@H]1CN(C(C)(C)CNC(=O)c2cccc(S(=O)(=O)NC3CC3)c2)C[C@@H](C)O1. The van der Waals surface area contributed by atoms with Crippen LogP contribution in [0.4, 0.5) is 0 Å². The Hall–Kier alpha value is -1.48. The normalized spacial score (nSPS) is 24.1. The van der Waals surface area contributed by atoms with Crippen LogP contribution in [0.3, 0.4) is 0 Å². The number of sulfonamides is 1. The van der Waals surface area contributed by atoms with Crippen LogP contribution in [0.2, 0.25) is 0 Å². The molecule has 1 heterocycles. The third kappa shape index (κ3) is 5.31. The lowest BCUT2D eigenvalue weighted by Crippen LogP contribution is -2.58. The quantitative estimate of drug-likeness (QED) is 0.716. The fourth-order valence-corrected chi connectivity index (χ4v) is 4.83. The van der Waals surface area contributed by atoms with Gasteiger partial charge in [-0.15, -0.1) is 0 Å². The van der Waals surface area contributed by atoms with Gasteiger partial charge in [-0.25, -0.2) is 13.1 Å². The largest absolute Gasteiger partial charge is 0.373 e. The Morgan fingerprint density at radius 3 is 2.46 bits per heavy atom. The van der Waals surface area contributed by atoms with E-state index in [0.717, 1.165) is 25.9 Å². The highest BCUT2D eigenvalue weighted by Gasteiger charge is 2.33. The molecule has 2 N–H and O–H groups in total. The van der Waals surface area contributed by atoms with Crippen molar-refractivity contribution in [3.05, 3.63) is 29.8 Å². The minimum Gasteiger partial charge on any atom is -0.373 e. The van der Waals surface area contributed by atoms with E-state index >= 15 is 0 Å². The zero-order valence-corrected chi connectivity index (χ0v) is 17.9. The second kappa shape index (κ2) is 8.10. The molecular weight excluding hydrogens is 378 g/mol. The van der Waals surface area contributed by atoms with Gasteiger partial charge in [0.1, 0.15) is 0 Å². The molecule has 0 bridgehead atoms. The standard InChI is InChI=1S/C20H31N3O4S/c1-14-11-23(12-15(2)27-14)20(3,4)13-21-19(24)16-6-5-7-18(10-16)28(25,26)22-17-8-9-17/h5-7,10,14-15,17,22H,8-9,11-13H2,1-4H3,(H,21,24)/t14-,15-/m1/s1. The van der Waals surface area contributed by atoms with Crippen LogP contribution in [0, 0.1) is 0 Å². The van der Waals surface area contributed by atoms with Crippen molar-refractivity contribution in [2.75, 3.05) is 19.6 Å². The lowest BCUT2D eigenvalue weighted by molar-refractivity contribution is -0.0948. The number of carbonyl (C=O) groups is 1. The van der Waals surface area contributed by atoms with E-state index < -0.39 is 10.0 Å². The summed E-state index contributed by atoms with van der Waals surface area (Å²) in [6, 6.07) is 6.22. The number of hydrogen-bond donors (Lipinski definition) is 2. The fraction of sp³-hybridized carbons (Fsp3) is 0.650. The molecule has 7 nitrogen and oxygen atoms in total. The molecule has 2 aliphatic rings. The van der Waals surface area contributed by atoms with E-state index in [1.807, 2.05) is 0 Å². The molecule has 2 fully saturated rings. The minimum absolute atomic E-state index is 0.0292. The number of carbonyl (C=O) groups excluding carboxylic acids is 1. The van der Waals surface area contributed by atoms with Crippen molar-refractivity contribution >= 4 is 15.9 Å². The van der Waals surface area contributed by atoms with E-state index in [4.69, 9.17) is 4.74 Å². The molecule has 3 rings (SSSR count). The maximum atomic E-state index is 12.6. The summed E-state index contributed by atoms with van der Waals surface area (Å²) < 4.78 is 33.2. The van der Waals surface area contributed by atoms with Crippen LogP contribution in [0.15, 0.2) is 29.2 Å². The van der Waals surface area contributed by atoms with Gasteiger partial charge in [0.2, 0.25) is 10.0 Å². The predicted octanol–water partition coefficient (Wildman–Crippen LogP) is 1.74. The first kappa shape index (κ1) is 21.2. The number of amides is 1. The number of benzene rings is 1. The van der Waals surface area contributed by atoms with Crippen molar-refractivity contribution in [2.24, 2.45) is 0 Å². The van der Waals surface area contributed by atoms with Crippen LogP contribution in [0.1, 0.15) is 50.9 Å². The predicted molar refractivity (Wildman–Crippen MR) is 108 cm³/mol. The summed E-state index contributed by atoms with van der Waals surface area (Å²) in [5, 5.41) is 2.96. The highest BCUT2D eigenvalue weighted by molar-refractivity contribution is 7.89. The third-order valence-electron chi connectivity index (χ3n) is 5.26. The zero-order chi connectivity index (χ0) is 20.5. The third-order valence-corrected chi connectivity index (χ3v) is 6.78. The smallest absolute Gasteiger partial charge is 0.251 e. The average Bonchev–Trinajstić information content (AvgIpc) is 3.42. The van der Waals surface area contributed by atoms with Crippen molar-refractivity contribution in [2.45, 2.75) is 69.2 Å². The van der Waals surface area contributed by atoms with Crippen molar-refractivity contribution in [3.63, 3.8) is 0 Å². The Labute approximate surface area is 167 Å². The fourth-order valence-electron chi connectivity index (χ4n) is 3.48. The van der Waals surface area contributed by atoms with Gasteiger partial charge in [-0.2, -0.15) is 0 Å². The number of nitrogens with one attached hydrogen (secondary N) is 2. The number of rotatable bonds is 7. The molecule has 1 aliphatic heterocycles. The van der Waals surface area contributed by atoms with E-state index in [-0.39, 0.29) is 34.6 Å². The molecule has 0 radical (unpaired) electrons. The van der Waals surface area contributed by atoms with E-state index in [1.54, 1.807) is 12.1 Å². The number of morpholine rings is 1. The number of ether oxygens (including phenoxy) is 1. The second-order valence-corrected chi connectivity index (χ2v) is 10.3. The maximum Gasteiger partial charge on any atom is 0.251 e. The highest BCUT2D eigenvalue weighted by Crippen LogP contribution is 2.23. The summed E-state index contributed by atoms with van der Waals surface area (Å²) in [5.74, 6) is -0.272. The monoisotopic (exact) mass is 409 g/mol. The molecule has 1 aromatic rings. The Morgan fingerprint density at radius 2 is 1.86 bits per heavy atom. The lowest BCUT2D eigenvalue weighted by Gasteiger charge is -2.45. The summed E-state index contributed by atoms with van der Waals surface area (Å²) >= 11 is 0. The molecule has 0 spiro atoms. The molecule has 2 atom stereocenters. The first-order valence-electron chi connectivity index (χ1n) is 9.88. The van der Waals surface area contributed by atoms with Crippen LogP contribution < -0.4 is 10.0 Å². The van der Waals surface area contributed by atoms with Gasteiger partial charge in [-0.05, 0) is 58.7 Å². The molecule has 156 valence electrons. The van der Waals surface area contributed by atoms with Gasteiger partial charge in [0.05, 0.1) is 17.1 Å². The summed E-state index contributed by atoms with van der Waals surface area (Å²) in [4.78, 5) is 15.1. The van der Waals surface area contributed by atoms with Crippen molar-refractivity contribution in [1.29, 1.82) is 0 Å². The van der Waals surface area contributed by atoms with Gasteiger partial charge in [-0.3, -0.25) is 9.69 Å². The Balaban J connectivity index is 1.63. The summed E-state index contributed by atoms with van der Waals surface area (Å²) in [7, 11) is -3.58. The molecule has 1 saturated carbocycles.